The molecule has 0 saturated heterocycles. The van der Waals surface area contributed by atoms with Gasteiger partial charge in [0.05, 0.1) is 0 Å². The zero-order chi connectivity index (χ0) is 8.69. The van der Waals surface area contributed by atoms with Crippen LogP contribution >= 0.6 is 0 Å². The molecule has 0 unspecified atom stereocenters. The van der Waals surface area contributed by atoms with Crippen molar-refractivity contribution in [2.75, 3.05) is 12.5 Å². The summed E-state index contributed by atoms with van der Waals surface area (Å²) < 4.78 is 9.56. The standard InChI is InChI=1S/C6H6O.C2H6OS/c7-6-4-2-1-3-5-6;1-4(2)3/h1-5,7H;1-2H3/p-1. The molecule has 3 heteroatoms. The molecule has 0 heterocycles. The summed E-state index contributed by atoms with van der Waals surface area (Å²) in [7, 11) is -0.611. The van der Waals surface area contributed by atoms with Crippen LogP contribution in [0.5, 0.6) is 5.75 Å². The predicted molar refractivity (Wildman–Crippen MR) is 45.9 cm³/mol. The van der Waals surface area contributed by atoms with Crippen molar-refractivity contribution in [3.05, 3.63) is 30.3 Å². The van der Waals surface area contributed by atoms with Crippen LogP contribution in [0.1, 0.15) is 0 Å². The van der Waals surface area contributed by atoms with Crippen molar-refractivity contribution >= 4 is 10.8 Å². The van der Waals surface area contributed by atoms with E-state index in [2.05, 4.69) is 0 Å². The number of para-hydroxylation sites is 1. The van der Waals surface area contributed by atoms with Gasteiger partial charge in [0.2, 0.25) is 0 Å². The molecule has 0 N–H and O–H groups in total. The van der Waals surface area contributed by atoms with Crippen LogP contribution in [0.4, 0.5) is 0 Å². The van der Waals surface area contributed by atoms with E-state index in [1.807, 2.05) is 6.07 Å². The normalized spacial score (nSPS) is 8.64. The molecule has 0 aromatic heterocycles. The van der Waals surface area contributed by atoms with Crippen LogP contribution in [0.2, 0.25) is 0 Å². The molecular formula is C8H11O2S-. The molecule has 62 valence electrons. The van der Waals surface area contributed by atoms with Crippen molar-refractivity contribution in [1.29, 1.82) is 0 Å². The third-order valence-electron chi connectivity index (χ3n) is 0.743. The van der Waals surface area contributed by atoms with E-state index in [4.69, 9.17) is 0 Å². The fourth-order valence-corrected chi connectivity index (χ4v) is 0.420. The maximum Gasteiger partial charge on any atom is 0.0148 e. The molecule has 0 saturated carbocycles. The second-order valence-corrected chi connectivity index (χ2v) is 3.54. The molecule has 0 aliphatic carbocycles. The van der Waals surface area contributed by atoms with Crippen LogP contribution in [-0.4, -0.2) is 16.7 Å². The summed E-state index contributed by atoms with van der Waals surface area (Å²) in [6.07, 6.45) is 3.28. The van der Waals surface area contributed by atoms with E-state index >= 15 is 0 Å². The molecule has 0 aliphatic heterocycles. The average Bonchev–Trinajstić information content (AvgIpc) is 1.87. The van der Waals surface area contributed by atoms with Crippen LogP contribution in [0, 0.1) is 0 Å². The van der Waals surface area contributed by atoms with Crippen LogP contribution in [-0.2, 0) is 10.8 Å². The molecule has 0 spiro atoms. The van der Waals surface area contributed by atoms with Crippen LogP contribution < -0.4 is 5.11 Å². The Bertz CT molecular complexity index is 205. The maximum atomic E-state index is 10.3. The summed E-state index contributed by atoms with van der Waals surface area (Å²) >= 11 is 0. The highest BCUT2D eigenvalue weighted by molar-refractivity contribution is 7.83. The molecule has 0 bridgehead atoms. The van der Waals surface area contributed by atoms with Gasteiger partial charge in [-0.2, -0.15) is 0 Å². The van der Waals surface area contributed by atoms with E-state index < -0.39 is 10.8 Å². The predicted octanol–water partition coefficient (Wildman–Crippen LogP) is 0.755. The Morgan fingerprint density at radius 1 is 1.18 bits per heavy atom. The molecule has 1 rings (SSSR count). The van der Waals surface area contributed by atoms with Crippen molar-refractivity contribution in [1.82, 2.24) is 0 Å². The van der Waals surface area contributed by atoms with Crippen LogP contribution in [0.25, 0.3) is 0 Å². The van der Waals surface area contributed by atoms with Gasteiger partial charge in [-0.3, -0.25) is 4.21 Å². The quantitative estimate of drug-likeness (QED) is 0.578. The Hall–Kier alpha value is -0.830. The van der Waals surface area contributed by atoms with Gasteiger partial charge in [0.25, 0.3) is 0 Å². The van der Waals surface area contributed by atoms with Crippen molar-refractivity contribution in [2.45, 2.75) is 0 Å². The van der Waals surface area contributed by atoms with E-state index in [0.29, 0.717) is 0 Å². The second kappa shape index (κ2) is 5.92. The van der Waals surface area contributed by atoms with Gasteiger partial charge in [-0.15, -0.1) is 5.75 Å². The highest BCUT2D eigenvalue weighted by Crippen LogP contribution is 1.98. The first-order chi connectivity index (χ1) is 5.13. The first-order valence-electron chi connectivity index (χ1n) is 3.10. The molecule has 0 aliphatic rings. The van der Waals surface area contributed by atoms with E-state index in [9.17, 15) is 9.32 Å². The number of hydrogen-bond acceptors (Lipinski definition) is 2. The molecule has 11 heavy (non-hydrogen) atoms. The Balaban J connectivity index is 0.000000218. The number of hydrogen-bond donors (Lipinski definition) is 0. The summed E-state index contributed by atoms with van der Waals surface area (Å²) in [6.45, 7) is 0. The second-order valence-electron chi connectivity index (χ2n) is 2.05. The van der Waals surface area contributed by atoms with Crippen molar-refractivity contribution in [2.24, 2.45) is 0 Å². The van der Waals surface area contributed by atoms with E-state index in [1.54, 1.807) is 24.6 Å². The smallest absolute Gasteiger partial charge is 0.0148 e. The van der Waals surface area contributed by atoms with Gasteiger partial charge in [-0.25, -0.2) is 0 Å². The molecule has 0 atom stereocenters. The molecule has 1 aromatic rings. The summed E-state index contributed by atoms with van der Waals surface area (Å²) in [6, 6.07) is 8.33. The fourth-order valence-electron chi connectivity index (χ4n) is 0.420. The summed E-state index contributed by atoms with van der Waals surface area (Å²) in [5.41, 5.74) is 0. The first kappa shape index (κ1) is 10.2. The Morgan fingerprint density at radius 3 is 1.73 bits per heavy atom. The highest BCUT2D eigenvalue weighted by Gasteiger charge is 1.64. The monoisotopic (exact) mass is 171 g/mol. The lowest BCUT2D eigenvalue weighted by Gasteiger charge is -1.98. The van der Waals surface area contributed by atoms with E-state index in [0.717, 1.165) is 0 Å². The van der Waals surface area contributed by atoms with Crippen molar-refractivity contribution in [3.63, 3.8) is 0 Å². The Morgan fingerprint density at radius 2 is 1.55 bits per heavy atom. The number of rotatable bonds is 0. The lowest BCUT2D eigenvalue weighted by molar-refractivity contribution is -0.268. The lowest BCUT2D eigenvalue weighted by Crippen LogP contribution is -1.85. The molecular weight excluding hydrogens is 160 g/mol. The lowest BCUT2D eigenvalue weighted by atomic mass is 10.3. The minimum atomic E-state index is -0.611. The minimum Gasteiger partial charge on any atom is -0.872 e. The van der Waals surface area contributed by atoms with Crippen molar-refractivity contribution < 1.29 is 9.32 Å². The third-order valence-corrected chi connectivity index (χ3v) is 0.743. The molecule has 0 amide bonds. The fraction of sp³-hybridized carbons (Fsp3) is 0.250. The Kier molecular flexibility index (Phi) is 5.47. The molecule has 2 nitrogen and oxygen atoms in total. The topological polar surface area (TPSA) is 40.1 Å². The number of benzene rings is 1. The van der Waals surface area contributed by atoms with Gasteiger partial charge in [0, 0.05) is 23.3 Å². The largest absolute Gasteiger partial charge is 0.872 e. The SMILES string of the molecule is CS(C)=O.[O-]c1ccccc1. The summed E-state index contributed by atoms with van der Waals surface area (Å²) in [5.74, 6) is 0.0718. The van der Waals surface area contributed by atoms with E-state index in [-0.39, 0.29) is 5.75 Å². The zero-order valence-corrected chi connectivity index (χ0v) is 7.43. The molecule has 1 aromatic carbocycles. The highest BCUT2D eigenvalue weighted by atomic mass is 32.2. The van der Waals surface area contributed by atoms with Gasteiger partial charge in [0.1, 0.15) is 0 Å². The maximum absolute atomic E-state index is 10.3. The van der Waals surface area contributed by atoms with Gasteiger partial charge >= 0.3 is 0 Å². The van der Waals surface area contributed by atoms with Gasteiger partial charge in [-0.05, 0) is 0 Å². The first-order valence-corrected chi connectivity index (χ1v) is 5.06. The van der Waals surface area contributed by atoms with Crippen LogP contribution in [0.15, 0.2) is 30.3 Å². The third kappa shape index (κ3) is 9.17. The van der Waals surface area contributed by atoms with Crippen LogP contribution in [0.3, 0.4) is 0 Å². The van der Waals surface area contributed by atoms with Gasteiger partial charge in [0.15, 0.2) is 0 Å². The van der Waals surface area contributed by atoms with Crippen molar-refractivity contribution in [3.8, 4) is 5.75 Å². The molecule has 0 fully saturated rings. The summed E-state index contributed by atoms with van der Waals surface area (Å²) in [4.78, 5) is 0. The Labute approximate surface area is 69.3 Å². The summed E-state index contributed by atoms with van der Waals surface area (Å²) in [5, 5.41) is 10.3. The molecule has 0 radical (unpaired) electrons. The van der Waals surface area contributed by atoms with E-state index in [1.165, 1.54) is 12.1 Å². The van der Waals surface area contributed by atoms with Gasteiger partial charge in [-0.1, -0.05) is 30.3 Å². The minimum absolute atomic E-state index is 0.0718. The zero-order valence-electron chi connectivity index (χ0n) is 6.61. The average molecular weight is 171 g/mol. The van der Waals surface area contributed by atoms with Gasteiger partial charge < -0.3 is 5.11 Å².